The van der Waals surface area contributed by atoms with Crippen molar-refractivity contribution < 1.29 is 19.1 Å². The summed E-state index contributed by atoms with van der Waals surface area (Å²) in [6.45, 7) is 2.53. The van der Waals surface area contributed by atoms with Crippen molar-refractivity contribution in [2.75, 3.05) is 18.6 Å². The molecule has 1 saturated carbocycles. The lowest BCUT2D eigenvalue weighted by atomic mass is 9.84. The summed E-state index contributed by atoms with van der Waals surface area (Å²) in [4.78, 5) is 41.5. The van der Waals surface area contributed by atoms with Crippen molar-refractivity contribution in [3.8, 4) is 0 Å². The lowest BCUT2D eigenvalue weighted by Crippen LogP contribution is -2.46. The van der Waals surface area contributed by atoms with E-state index in [1.165, 1.54) is 7.11 Å². The van der Waals surface area contributed by atoms with Crippen LogP contribution >= 0.6 is 0 Å². The molecule has 3 atom stereocenters. The summed E-state index contributed by atoms with van der Waals surface area (Å²) in [6, 6.07) is 5.22. The molecule has 0 aromatic heterocycles. The summed E-state index contributed by atoms with van der Waals surface area (Å²) in [5.74, 6) is 0.0820. The average Bonchev–Trinajstić information content (AvgIpc) is 3.33. The number of carbonyl (C=O) groups is 3. The molecule has 28 heavy (non-hydrogen) atoms. The molecule has 1 aromatic carbocycles. The highest BCUT2D eigenvalue weighted by molar-refractivity contribution is 6.00. The fraction of sp³-hybridized carbons (Fsp3) is 0.591. The standard InChI is InChI=1S/C22H28N2O4/c1-3-20(25)23-11-10-15-12-16(8-9-17(15)23)21(26)24-18-7-5-4-6-14(18)13-19(24)22(27)28-2/h8-9,12,14,18-19H,3-7,10-11,13H2,1-2H3. The van der Waals surface area contributed by atoms with Crippen LogP contribution in [0.5, 0.6) is 0 Å². The molecule has 0 N–H and O–H groups in total. The summed E-state index contributed by atoms with van der Waals surface area (Å²) in [7, 11) is 1.39. The van der Waals surface area contributed by atoms with Crippen molar-refractivity contribution in [2.45, 2.75) is 64.0 Å². The molecule has 1 aliphatic carbocycles. The van der Waals surface area contributed by atoms with Gasteiger partial charge in [0.25, 0.3) is 5.91 Å². The molecule has 3 unspecified atom stereocenters. The van der Waals surface area contributed by atoms with Crippen molar-refractivity contribution >= 4 is 23.5 Å². The molecule has 1 aromatic rings. The molecule has 0 radical (unpaired) electrons. The molecular formula is C22H28N2O4. The summed E-state index contributed by atoms with van der Waals surface area (Å²) >= 11 is 0. The number of anilines is 1. The second kappa shape index (κ2) is 7.57. The van der Waals surface area contributed by atoms with Crippen molar-refractivity contribution in [3.63, 3.8) is 0 Å². The Kier molecular flexibility index (Phi) is 5.13. The number of amides is 2. The van der Waals surface area contributed by atoms with E-state index in [2.05, 4.69) is 0 Å². The van der Waals surface area contributed by atoms with Crippen LogP contribution in [0.2, 0.25) is 0 Å². The predicted octanol–water partition coefficient (Wildman–Crippen LogP) is 2.93. The van der Waals surface area contributed by atoms with Crippen LogP contribution in [0, 0.1) is 5.92 Å². The van der Waals surface area contributed by atoms with E-state index in [4.69, 9.17) is 4.74 Å². The maximum atomic E-state index is 13.4. The minimum Gasteiger partial charge on any atom is -0.467 e. The van der Waals surface area contributed by atoms with Crippen LogP contribution in [0.4, 0.5) is 5.69 Å². The van der Waals surface area contributed by atoms with Gasteiger partial charge < -0.3 is 14.5 Å². The van der Waals surface area contributed by atoms with Gasteiger partial charge in [0, 0.05) is 30.3 Å². The number of ether oxygens (including phenoxy) is 1. The lowest BCUT2D eigenvalue weighted by molar-refractivity contribution is -0.145. The molecule has 2 aliphatic heterocycles. The Hall–Kier alpha value is -2.37. The van der Waals surface area contributed by atoms with E-state index >= 15 is 0 Å². The number of esters is 1. The first kappa shape index (κ1) is 19.0. The highest BCUT2D eigenvalue weighted by Gasteiger charge is 2.48. The van der Waals surface area contributed by atoms with Crippen molar-refractivity contribution in [1.29, 1.82) is 0 Å². The van der Waals surface area contributed by atoms with Gasteiger partial charge in [0.05, 0.1) is 7.11 Å². The van der Waals surface area contributed by atoms with Gasteiger partial charge in [-0.1, -0.05) is 19.8 Å². The molecule has 2 heterocycles. The van der Waals surface area contributed by atoms with E-state index in [1.807, 2.05) is 19.1 Å². The van der Waals surface area contributed by atoms with Crippen molar-refractivity contribution in [2.24, 2.45) is 5.92 Å². The molecule has 1 saturated heterocycles. The normalized spacial score (nSPS) is 26.0. The van der Waals surface area contributed by atoms with Gasteiger partial charge in [-0.3, -0.25) is 9.59 Å². The van der Waals surface area contributed by atoms with Gasteiger partial charge in [-0.2, -0.15) is 0 Å². The molecular weight excluding hydrogens is 356 g/mol. The van der Waals surface area contributed by atoms with Gasteiger partial charge in [-0.15, -0.1) is 0 Å². The summed E-state index contributed by atoms with van der Waals surface area (Å²) in [5.41, 5.74) is 2.54. The Morgan fingerprint density at radius 3 is 2.71 bits per heavy atom. The molecule has 2 amide bonds. The van der Waals surface area contributed by atoms with E-state index in [9.17, 15) is 14.4 Å². The number of likely N-dealkylation sites (tertiary alicyclic amines) is 1. The second-order valence-electron chi connectivity index (χ2n) is 8.09. The highest BCUT2D eigenvalue weighted by Crippen LogP contribution is 2.41. The van der Waals surface area contributed by atoms with Crippen LogP contribution in [-0.2, 0) is 20.7 Å². The monoisotopic (exact) mass is 384 g/mol. The van der Waals surface area contributed by atoms with Crippen LogP contribution in [-0.4, -0.2) is 48.4 Å². The van der Waals surface area contributed by atoms with Crippen LogP contribution < -0.4 is 4.90 Å². The molecule has 2 fully saturated rings. The smallest absolute Gasteiger partial charge is 0.328 e. The van der Waals surface area contributed by atoms with Gasteiger partial charge >= 0.3 is 5.97 Å². The predicted molar refractivity (Wildman–Crippen MR) is 105 cm³/mol. The summed E-state index contributed by atoms with van der Waals surface area (Å²) in [6.07, 6.45) is 6.21. The van der Waals surface area contributed by atoms with Gasteiger partial charge in [0.1, 0.15) is 6.04 Å². The van der Waals surface area contributed by atoms with E-state index in [-0.39, 0.29) is 23.8 Å². The molecule has 4 rings (SSSR count). The molecule has 0 bridgehead atoms. The minimum atomic E-state index is -0.489. The largest absolute Gasteiger partial charge is 0.467 e. The van der Waals surface area contributed by atoms with Crippen LogP contribution in [0.15, 0.2) is 18.2 Å². The number of methoxy groups -OCH3 is 1. The quantitative estimate of drug-likeness (QED) is 0.752. The number of nitrogens with zero attached hydrogens (tertiary/aromatic N) is 2. The fourth-order valence-corrected chi connectivity index (χ4v) is 5.23. The van der Waals surface area contributed by atoms with Crippen LogP contribution in [0.3, 0.4) is 0 Å². The van der Waals surface area contributed by atoms with E-state index < -0.39 is 6.04 Å². The fourth-order valence-electron chi connectivity index (χ4n) is 5.23. The Bertz CT molecular complexity index is 806. The lowest BCUT2D eigenvalue weighted by Gasteiger charge is -2.33. The third kappa shape index (κ3) is 3.09. The summed E-state index contributed by atoms with van der Waals surface area (Å²) in [5, 5.41) is 0. The first-order valence-corrected chi connectivity index (χ1v) is 10.4. The molecule has 3 aliphatic rings. The Labute approximate surface area is 165 Å². The first-order valence-electron chi connectivity index (χ1n) is 10.4. The number of hydrogen-bond acceptors (Lipinski definition) is 4. The van der Waals surface area contributed by atoms with E-state index in [0.717, 1.165) is 43.4 Å². The Morgan fingerprint density at radius 2 is 1.96 bits per heavy atom. The third-order valence-electron chi connectivity index (χ3n) is 6.62. The number of fused-ring (bicyclic) bond motifs is 2. The van der Waals surface area contributed by atoms with E-state index in [0.29, 0.717) is 30.9 Å². The van der Waals surface area contributed by atoms with Gasteiger partial charge in [0.15, 0.2) is 0 Å². The zero-order valence-electron chi connectivity index (χ0n) is 16.6. The maximum absolute atomic E-state index is 13.4. The SMILES string of the molecule is CCC(=O)N1CCc2cc(C(=O)N3C(C(=O)OC)CC4CCCCC43)ccc21. The summed E-state index contributed by atoms with van der Waals surface area (Å²) < 4.78 is 5.01. The minimum absolute atomic E-state index is 0.0899. The number of rotatable bonds is 3. The number of benzene rings is 1. The maximum Gasteiger partial charge on any atom is 0.328 e. The molecule has 6 nitrogen and oxygen atoms in total. The van der Waals surface area contributed by atoms with Gasteiger partial charge in [-0.05, 0) is 55.4 Å². The Morgan fingerprint density at radius 1 is 1.18 bits per heavy atom. The van der Waals surface area contributed by atoms with Crippen molar-refractivity contribution in [3.05, 3.63) is 29.3 Å². The van der Waals surface area contributed by atoms with Gasteiger partial charge in [-0.25, -0.2) is 4.79 Å². The number of carbonyl (C=O) groups excluding carboxylic acids is 3. The zero-order valence-corrected chi connectivity index (χ0v) is 16.6. The highest BCUT2D eigenvalue weighted by atomic mass is 16.5. The van der Waals surface area contributed by atoms with Crippen molar-refractivity contribution in [1.82, 2.24) is 4.90 Å². The molecule has 0 spiro atoms. The third-order valence-corrected chi connectivity index (χ3v) is 6.62. The topological polar surface area (TPSA) is 66.9 Å². The average molecular weight is 384 g/mol. The number of hydrogen-bond donors (Lipinski definition) is 0. The van der Waals surface area contributed by atoms with Crippen LogP contribution in [0.25, 0.3) is 0 Å². The zero-order chi connectivity index (χ0) is 19.8. The Balaban J connectivity index is 1.62. The first-order chi connectivity index (χ1) is 13.5. The van der Waals surface area contributed by atoms with Crippen LogP contribution in [0.1, 0.15) is 61.4 Å². The van der Waals surface area contributed by atoms with Gasteiger partial charge in [0.2, 0.25) is 5.91 Å². The molecule has 6 heteroatoms. The van der Waals surface area contributed by atoms with E-state index in [1.54, 1.807) is 15.9 Å². The second-order valence-corrected chi connectivity index (χ2v) is 8.09. The molecule has 150 valence electrons.